The number of carbonyl (C=O) groups is 1. The van der Waals surface area contributed by atoms with Gasteiger partial charge in [-0.05, 0) is 39.8 Å². The summed E-state index contributed by atoms with van der Waals surface area (Å²) in [5.74, 6) is 2.60. The molecule has 0 bridgehead atoms. The van der Waals surface area contributed by atoms with Crippen molar-refractivity contribution in [3.8, 4) is 11.5 Å². The standard InChI is InChI=1S/C19H24N4O3/c1-12-9-20-13(2)21-17(12)22-18(24)23-10-14-6-7-15(25-5)8-16(14)26-19(3,4)11-23/h6-9H,10-11H2,1-5H3,(H,20,21,22,24). The molecule has 7 heteroatoms. The van der Waals surface area contributed by atoms with Crippen LogP contribution in [0.4, 0.5) is 10.6 Å². The van der Waals surface area contributed by atoms with Crippen LogP contribution in [0.15, 0.2) is 24.4 Å². The molecule has 1 N–H and O–H groups in total. The van der Waals surface area contributed by atoms with Crippen molar-refractivity contribution in [1.29, 1.82) is 0 Å². The maximum Gasteiger partial charge on any atom is 0.323 e. The summed E-state index contributed by atoms with van der Waals surface area (Å²) in [7, 11) is 1.62. The van der Waals surface area contributed by atoms with E-state index in [0.29, 0.717) is 24.7 Å². The molecule has 1 aliphatic heterocycles. The third kappa shape index (κ3) is 3.87. The summed E-state index contributed by atoms with van der Waals surface area (Å²) in [6, 6.07) is 5.44. The van der Waals surface area contributed by atoms with Crippen LogP contribution in [-0.4, -0.2) is 40.2 Å². The number of benzene rings is 1. The van der Waals surface area contributed by atoms with Crippen LogP contribution in [0.3, 0.4) is 0 Å². The number of hydrogen-bond donors (Lipinski definition) is 1. The number of amides is 2. The van der Waals surface area contributed by atoms with Gasteiger partial charge in [-0.3, -0.25) is 5.32 Å². The number of ether oxygens (including phenoxy) is 2. The van der Waals surface area contributed by atoms with Crippen LogP contribution in [0.2, 0.25) is 0 Å². The van der Waals surface area contributed by atoms with Crippen molar-refractivity contribution in [2.24, 2.45) is 0 Å². The lowest BCUT2D eigenvalue weighted by molar-refractivity contribution is 0.0832. The Morgan fingerprint density at radius 2 is 2.12 bits per heavy atom. The molecular formula is C19H24N4O3. The maximum absolute atomic E-state index is 12.9. The van der Waals surface area contributed by atoms with Gasteiger partial charge in [0, 0.05) is 23.4 Å². The Hall–Kier alpha value is -2.83. The SMILES string of the molecule is COc1ccc2c(c1)OC(C)(C)CN(C(=O)Nc1nc(C)ncc1C)C2. The fourth-order valence-electron chi connectivity index (χ4n) is 2.92. The van der Waals surface area contributed by atoms with E-state index in [1.807, 2.05) is 39.0 Å². The van der Waals surface area contributed by atoms with Crippen molar-refractivity contribution in [2.75, 3.05) is 19.0 Å². The Labute approximate surface area is 153 Å². The van der Waals surface area contributed by atoms with E-state index in [1.165, 1.54) is 0 Å². The predicted molar refractivity (Wildman–Crippen MR) is 98.6 cm³/mol. The highest BCUT2D eigenvalue weighted by molar-refractivity contribution is 5.89. The third-order valence-corrected chi connectivity index (χ3v) is 4.20. The van der Waals surface area contributed by atoms with E-state index in [0.717, 1.165) is 22.6 Å². The van der Waals surface area contributed by atoms with Crippen LogP contribution in [0, 0.1) is 13.8 Å². The van der Waals surface area contributed by atoms with Crippen molar-refractivity contribution in [3.05, 3.63) is 41.3 Å². The molecular weight excluding hydrogens is 332 g/mol. The van der Waals surface area contributed by atoms with E-state index in [4.69, 9.17) is 9.47 Å². The average Bonchev–Trinajstić information content (AvgIpc) is 2.71. The summed E-state index contributed by atoms with van der Waals surface area (Å²) in [5.41, 5.74) is 1.22. The molecule has 1 aromatic heterocycles. The number of aryl methyl sites for hydroxylation is 2. The van der Waals surface area contributed by atoms with Crippen LogP contribution in [0.25, 0.3) is 0 Å². The Balaban J connectivity index is 1.86. The monoisotopic (exact) mass is 356 g/mol. The first-order chi connectivity index (χ1) is 12.3. The number of urea groups is 1. The van der Waals surface area contributed by atoms with Gasteiger partial charge in [-0.15, -0.1) is 0 Å². The van der Waals surface area contributed by atoms with Gasteiger partial charge in [-0.2, -0.15) is 0 Å². The first-order valence-corrected chi connectivity index (χ1v) is 8.49. The van der Waals surface area contributed by atoms with Crippen molar-refractivity contribution in [1.82, 2.24) is 14.9 Å². The highest BCUT2D eigenvalue weighted by Gasteiger charge is 2.32. The van der Waals surface area contributed by atoms with Gasteiger partial charge in [-0.1, -0.05) is 0 Å². The molecule has 0 saturated carbocycles. The zero-order chi connectivity index (χ0) is 18.9. The number of hydrogen-bond acceptors (Lipinski definition) is 5. The number of nitrogens with one attached hydrogen (secondary N) is 1. The number of nitrogens with zero attached hydrogens (tertiary/aromatic N) is 3. The number of anilines is 1. The molecule has 0 fully saturated rings. The summed E-state index contributed by atoms with van der Waals surface area (Å²) in [6.45, 7) is 8.47. The van der Waals surface area contributed by atoms with Crippen LogP contribution in [-0.2, 0) is 6.54 Å². The van der Waals surface area contributed by atoms with E-state index in [-0.39, 0.29) is 6.03 Å². The molecule has 138 valence electrons. The van der Waals surface area contributed by atoms with E-state index < -0.39 is 5.60 Å². The van der Waals surface area contributed by atoms with Crippen molar-refractivity contribution in [2.45, 2.75) is 39.8 Å². The van der Waals surface area contributed by atoms with E-state index in [1.54, 1.807) is 25.1 Å². The molecule has 0 spiro atoms. The van der Waals surface area contributed by atoms with Crippen LogP contribution in [0.1, 0.15) is 30.8 Å². The van der Waals surface area contributed by atoms with Crippen LogP contribution < -0.4 is 14.8 Å². The van der Waals surface area contributed by atoms with Gasteiger partial charge < -0.3 is 14.4 Å². The molecule has 0 saturated heterocycles. The summed E-state index contributed by atoms with van der Waals surface area (Å²) in [4.78, 5) is 23.1. The molecule has 1 aromatic carbocycles. The van der Waals surface area contributed by atoms with Crippen molar-refractivity contribution < 1.29 is 14.3 Å². The smallest absolute Gasteiger partial charge is 0.323 e. The molecule has 26 heavy (non-hydrogen) atoms. The quantitative estimate of drug-likeness (QED) is 0.893. The third-order valence-electron chi connectivity index (χ3n) is 4.20. The van der Waals surface area contributed by atoms with Gasteiger partial charge in [0.2, 0.25) is 0 Å². The molecule has 0 aliphatic carbocycles. The fourth-order valence-corrected chi connectivity index (χ4v) is 2.92. The zero-order valence-corrected chi connectivity index (χ0v) is 15.8. The van der Waals surface area contributed by atoms with Gasteiger partial charge in [-0.25, -0.2) is 14.8 Å². The average molecular weight is 356 g/mol. The number of methoxy groups -OCH3 is 1. The lowest BCUT2D eigenvalue weighted by Crippen LogP contribution is -2.45. The van der Waals surface area contributed by atoms with Crippen molar-refractivity contribution in [3.63, 3.8) is 0 Å². The van der Waals surface area contributed by atoms with Gasteiger partial charge in [0.05, 0.1) is 20.2 Å². The second kappa shape index (κ2) is 6.82. The topological polar surface area (TPSA) is 76.6 Å². The molecule has 0 radical (unpaired) electrons. The Bertz CT molecular complexity index is 836. The predicted octanol–water partition coefficient (Wildman–Crippen LogP) is 3.31. The summed E-state index contributed by atoms with van der Waals surface area (Å²) < 4.78 is 11.4. The summed E-state index contributed by atoms with van der Waals surface area (Å²) in [5, 5.41) is 2.90. The highest BCUT2D eigenvalue weighted by atomic mass is 16.5. The maximum atomic E-state index is 12.9. The minimum atomic E-state index is -0.536. The van der Waals surface area contributed by atoms with Crippen LogP contribution >= 0.6 is 0 Å². The van der Waals surface area contributed by atoms with E-state index >= 15 is 0 Å². The second-order valence-electron chi connectivity index (χ2n) is 7.07. The molecule has 0 unspecified atom stereocenters. The zero-order valence-electron chi connectivity index (χ0n) is 15.8. The Morgan fingerprint density at radius 1 is 1.35 bits per heavy atom. The molecule has 2 heterocycles. The van der Waals surface area contributed by atoms with E-state index in [9.17, 15) is 4.79 Å². The molecule has 3 rings (SSSR count). The minimum absolute atomic E-state index is 0.216. The molecule has 1 aliphatic rings. The van der Waals surface area contributed by atoms with Crippen molar-refractivity contribution >= 4 is 11.8 Å². The Morgan fingerprint density at radius 3 is 2.85 bits per heavy atom. The minimum Gasteiger partial charge on any atom is -0.497 e. The van der Waals surface area contributed by atoms with Crippen LogP contribution in [0.5, 0.6) is 11.5 Å². The number of aromatic nitrogens is 2. The van der Waals surface area contributed by atoms with E-state index in [2.05, 4.69) is 15.3 Å². The largest absolute Gasteiger partial charge is 0.497 e. The fraction of sp³-hybridized carbons (Fsp3) is 0.421. The summed E-state index contributed by atoms with van der Waals surface area (Å²) in [6.07, 6.45) is 1.70. The Kier molecular flexibility index (Phi) is 4.71. The molecule has 2 amide bonds. The highest BCUT2D eigenvalue weighted by Crippen LogP contribution is 2.32. The van der Waals surface area contributed by atoms with Gasteiger partial charge in [0.1, 0.15) is 28.7 Å². The van der Waals surface area contributed by atoms with Gasteiger partial charge in [0.25, 0.3) is 0 Å². The lowest BCUT2D eigenvalue weighted by Gasteiger charge is -2.29. The first kappa shape index (κ1) is 18.0. The van der Waals surface area contributed by atoms with Gasteiger partial charge in [0.15, 0.2) is 0 Å². The normalized spacial score (nSPS) is 15.5. The molecule has 0 atom stereocenters. The number of carbonyl (C=O) groups excluding carboxylic acids is 1. The lowest BCUT2D eigenvalue weighted by atomic mass is 10.1. The molecule has 7 nitrogen and oxygen atoms in total. The second-order valence-corrected chi connectivity index (χ2v) is 7.07. The number of fused-ring (bicyclic) bond motifs is 1. The first-order valence-electron chi connectivity index (χ1n) is 8.49. The number of rotatable bonds is 2. The van der Waals surface area contributed by atoms with Gasteiger partial charge >= 0.3 is 6.03 Å². The summed E-state index contributed by atoms with van der Waals surface area (Å²) >= 11 is 0. The molecule has 2 aromatic rings.